The molecule has 1 amide bonds. The van der Waals surface area contributed by atoms with Crippen molar-refractivity contribution in [1.29, 1.82) is 0 Å². The Morgan fingerprint density at radius 3 is 2.39 bits per heavy atom. The molecule has 0 aromatic heterocycles. The van der Waals surface area contributed by atoms with Crippen molar-refractivity contribution in [3.63, 3.8) is 0 Å². The molecule has 1 saturated heterocycles. The van der Waals surface area contributed by atoms with Gasteiger partial charge in [-0.2, -0.15) is 4.31 Å². The minimum absolute atomic E-state index is 0.0416. The number of carbonyl (C=O) groups is 1. The Morgan fingerprint density at radius 2 is 1.75 bits per heavy atom. The summed E-state index contributed by atoms with van der Waals surface area (Å²) in [5.41, 5.74) is 0. The molecule has 2 aliphatic rings. The van der Waals surface area contributed by atoms with Gasteiger partial charge in [-0.3, -0.25) is 9.69 Å². The number of nitrogens with zero attached hydrogens (tertiary/aromatic N) is 2. The third kappa shape index (κ3) is 5.06. The van der Waals surface area contributed by atoms with Crippen molar-refractivity contribution >= 4 is 27.5 Å². The van der Waals surface area contributed by atoms with Crippen molar-refractivity contribution in [2.45, 2.75) is 44.0 Å². The molecule has 2 fully saturated rings. The highest BCUT2D eigenvalue weighted by atomic mass is 35.5. The van der Waals surface area contributed by atoms with E-state index in [-0.39, 0.29) is 16.8 Å². The van der Waals surface area contributed by atoms with Crippen molar-refractivity contribution in [3.05, 3.63) is 29.3 Å². The Hall–Kier alpha value is -1.15. The number of hydrogen-bond donors (Lipinski definition) is 1. The van der Waals surface area contributed by atoms with Crippen LogP contribution >= 0.6 is 11.6 Å². The average molecular weight is 428 g/mol. The van der Waals surface area contributed by atoms with Gasteiger partial charge in [-0.25, -0.2) is 8.42 Å². The molecule has 1 aliphatic heterocycles. The molecule has 8 heteroatoms. The van der Waals surface area contributed by atoms with Crippen LogP contribution in [0.5, 0.6) is 0 Å². The molecule has 1 saturated carbocycles. The monoisotopic (exact) mass is 427 g/mol. The summed E-state index contributed by atoms with van der Waals surface area (Å²) >= 11 is 5.85. The van der Waals surface area contributed by atoms with Crippen molar-refractivity contribution in [1.82, 2.24) is 14.5 Å². The Balaban J connectivity index is 1.50. The third-order valence-electron chi connectivity index (χ3n) is 6.20. The van der Waals surface area contributed by atoms with Crippen molar-refractivity contribution in [2.24, 2.45) is 11.8 Å². The van der Waals surface area contributed by atoms with Crippen LogP contribution in [0.3, 0.4) is 0 Å². The van der Waals surface area contributed by atoms with Gasteiger partial charge in [0.25, 0.3) is 0 Å². The number of halogens is 1. The predicted molar refractivity (Wildman–Crippen MR) is 111 cm³/mol. The van der Waals surface area contributed by atoms with E-state index in [1.165, 1.54) is 22.9 Å². The van der Waals surface area contributed by atoms with Crippen LogP contribution in [0.1, 0.15) is 33.1 Å². The van der Waals surface area contributed by atoms with Crippen LogP contribution in [0.4, 0.5) is 0 Å². The number of sulfonamides is 1. The molecular weight excluding hydrogens is 398 g/mol. The summed E-state index contributed by atoms with van der Waals surface area (Å²) in [6.45, 7) is 6.67. The van der Waals surface area contributed by atoms with Gasteiger partial charge in [-0.05, 0) is 42.5 Å². The van der Waals surface area contributed by atoms with Gasteiger partial charge in [0.05, 0.1) is 11.4 Å². The zero-order chi connectivity index (χ0) is 20.3. The van der Waals surface area contributed by atoms with Gasteiger partial charge in [0.15, 0.2) is 0 Å². The molecule has 3 rings (SSSR count). The molecule has 1 aromatic rings. The fraction of sp³-hybridized carbons (Fsp3) is 0.650. The number of carbonyl (C=O) groups excluding carboxylic acids is 1. The third-order valence-corrected chi connectivity index (χ3v) is 8.37. The van der Waals surface area contributed by atoms with Crippen molar-refractivity contribution in [3.8, 4) is 0 Å². The second kappa shape index (κ2) is 9.11. The maximum absolute atomic E-state index is 12.7. The summed E-state index contributed by atoms with van der Waals surface area (Å²) in [4.78, 5) is 14.7. The van der Waals surface area contributed by atoms with E-state index in [1.807, 2.05) is 4.90 Å². The highest BCUT2D eigenvalue weighted by Crippen LogP contribution is 2.29. The second-order valence-corrected chi connectivity index (χ2v) is 10.4. The molecule has 1 heterocycles. The first-order valence-electron chi connectivity index (χ1n) is 10.0. The molecular formula is C20H30ClN3O3S. The van der Waals surface area contributed by atoms with E-state index in [0.29, 0.717) is 49.6 Å². The minimum atomic E-state index is -3.52. The number of benzene rings is 1. The molecule has 0 unspecified atom stereocenters. The average Bonchev–Trinajstić information content (AvgIpc) is 2.66. The Labute approximate surface area is 173 Å². The first kappa shape index (κ1) is 21.6. The molecule has 156 valence electrons. The molecule has 0 radical (unpaired) electrons. The van der Waals surface area contributed by atoms with Crippen LogP contribution in [-0.4, -0.2) is 62.3 Å². The zero-order valence-electron chi connectivity index (χ0n) is 16.6. The van der Waals surface area contributed by atoms with Crippen LogP contribution in [0, 0.1) is 11.8 Å². The summed E-state index contributed by atoms with van der Waals surface area (Å²) in [5.74, 6) is 1.18. The van der Waals surface area contributed by atoms with E-state index >= 15 is 0 Å². The molecule has 1 aromatic carbocycles. The summed E-state index contributed by atoms with van der Waals surface area (Å²) in [7, 11) is -3.52. The number of rotatable bonds is 5. The van der Waals surface area contributed by atoms with E-state index in [1.54, 1.807) is 12.1 Å². The van der Waals surface area contributed by atoms with Crippen LogP contribution in [0.25, 0.3) is 0 Å². The zero-order valence-corrected chi connectivity index (χ0v) is 18.2. The largest absolute Gasteiger partial charge is 0.352 e. The number of amides is 1. The first-order chi connectivity index (χ1) is 13.3. The smallest absolute Gasteiger partial charge is 0.243 e. The van der Waals surface area contributed by atoms with Crippen LogP contribution in [0.2, 0.25) is 5.02 Å². The summed E-state index contributed by atoms with van der Waals surface area (Å²) < 4.78 is 27.0. The summed E-state index contributed by atoms with van der Waals surface area (Å²) in [6, 6.07) is 6.49. The lowest BCUT2D eigenvalue weighted by Crippen LogP contribution is -2.52. The lowest BCUT2D eigenvalue weighted by Gasteiger charge is -2.36. The van der Waals surface area contributed by atoms with Crippen molar-refractivity contribution in [2.75, 3.05) is 32.7 Å². The van der Waals surface area contributed by atoms with Gasteiger partial charge >= 0.3 is 0 Å². The topological polar surface area (TPSA) is 69.7 Å². The number of hydrogen-bond acceptors (Lipinski definition) is 4. The highest BCUT2D eigenvalue weighted by Gasteiger charge is 2.31. The molecule has 3 atom stereocenters. The summed E-state index contributed by atoms with van der Waals surface area (Å²) in [5, 5.41) is 3.70. The maximum Gasteiger partial charge on any atom is 0.243 e. The van der Waals surface area contributed by atoms with Gasteiger partial charge in [-0.1, -0.05) is 38.3 Å². The summed E-state index contributed by atoms with van der Waals surface area (Å²) in [6.07, 6.45) is 3.44. The van der Waals surface area contributed by atoms with E-state index in [4.69, 9.17) is 11.6 Å². The minimum Gasteiger partial charge on any atom is -0.352 e. The normalized spacial score (nSPS) is 27.5. The first-order valence-corrected chi connectivity index (χ1v) is 11.9. The van der Waals surface area contributed by atoms with Crippen LogP contribution in [-0.2, 0) is 14.8 Å². The number of nitrogens with one attached hydrogen (secondary N) is 1. The quantitative estimate of drug-likeness (QED) is 0.784. The van der Waals surface area contributed by atoms with E-state index in [9.17, 15) is 13.2 Å². The van der Waals surface area contributed by atoms with Gasteiger partial charge in [0, 0.05) is 37.2 Å². The molecule has 1 aliphatic carbocycles. The molecule has 0 spiro atoms. The van der Waals surface area contributed by atoms with Crippen LogP contribution in [0.15, 0.2) is 29.2 Å². The van der Waals surface area contributed by atoms with E-state index in [0.717, 1.165) is 12.8 Å². The molecule has 0 bridgehead atoms. The second-order valence-electron chi connectivity index (χ2n) is 8.08. The van der Waals surface area contributed by atoms with Gasteiger partial charge < -0.3 is 5.32 Å². The SMILES string of the molecule is C[C@@H]1[C@H](C)CCC[C@@H]1NC(=O)CN1CCN(S(=O)(=O)c2ccc(Cl)cc2)CC1. The predicted octanol–water partition coefficient (Wildman–Crippen LogP) is 2.59. The molecule has 28 heavy (non-hydrogen) atoms. The Kier molecular flexibility index (Phi) is 7.02. The fourth-order valence-electron chi connectivity index (χ4n) is 4.12. The highest BCUT2D eigenvalue weighted by molar-refractivity contribution is 7.89. The van der Waals surface area contributed by atoms with Gasteiger partial charge in [-0.15, -0.1) is 0 Å². The van der Waals surface area contributed by atoms with Gasteiger partial charge in [0.2, 0.25) is 15.9 Å². The van der Waals surface area contributed by atoms with E-state index in [2.05, 4.69) is 19.2 Å². The maximum atomic E-state index is 12.7. The van der Waals surface area contributed by atoms with E-state index < -0.39 is 10.0 Å². The lowest BCUT2D eigenvalue weighted by molar-refractivity contribution is -0.124. The Morgan fingerprint density at radius 1 is 1.11 bits per heavy atom. The fourth-order valence-corrected chi connectivity index (χ4v) is 5.67. The number of piperazine rings is 1. The van der Waals surface area contributed by atoms with Gasteiger partial charge in [0.1, 0.15) is 0 Å². The molecule has 1 N–H and O–H groups in total. The Bertz CT molecular complexity index is 776. The standard InChI is InChI=1S/C20H30ClN3O3S/c1-15-4-3-5-19(16(15)2)22-20(25)14-23-10-12-24(13-11-23)28(26,27)18-8-6-17(21)7-9-18/h6-9,15-16,19H,3-5,10-14H2,1-2H3,(H,22,25)/t15-,16-,19+/m1/s1. The molecule has 6 nitrogen and oxygen atoms in total. The van der Waals surface area contributed by atoms with Crippen LogP contribution < -0.4 is 5.32 Å². The van der Waals surface area contributed by atoms with Crippen molar-refractivity contribution < 1.29 is 13.2 Å². The lowest BCUT2D eigenvalue weighted by atomic mass is 9.78.